The van der Waals surface area contributed by atoms with Gasteiger partial charge in [-0.25, -0.2) is 19.2 Å². The average Bonchev–Trinajstić information content (AvgIpc) is 2.54. The second-order valence-corrected chi connectivity index (χ2v) is 4.31. The molecule has 0 saturated heterocycles. The Morgan fingerprint density at radius 2 is 1.42 bits per heavy atom. The minimum absolute atomic E-state index is 0.0254. The summed E-state index contributed by atoms with van der Waals surface area (Å²) in [7, 11) is 1.21. The molecular formula is C16H16O8. The predicted molar refractivity (Wildman–Crippen MR) is 82.9 cm³/mol. The average molecular weight is 336 g/mol. The molecule has 3 N–H and O–H groups in total. The van der Waals surface area contributed by atoms with E-state index < -0.39 is 23.9 Å². The first-order valence-corrected chi connectivity index (χ1v) is 6.36. The van der Waals surface area contributed by atoms with Crippen molar-refractivity contribution in [1.29, 1.82) is 0 Å². The Labute approximate surface area is 137 Å². The van der Waals surface area contributed by atoms with Gasteiger partial charge in [0, 0.05) is 5.57 Å². The molecule has 0 saturated carbocycles. The summed E-state index contributed by atoms with van der Waals surface area (Å²) < 4.78 is 4.32. The summed E-state index contributed by atoms with van der Waals surface area (Å²) in [6, 6.07) is 5.48. The van der Waals surface area contributed by atoms with Crippen LogP contribution in [0.1, 0.15) is 27.6 Å². The van der Waals surface area contributed by atoms with Crippen LogP contribution in [0.25, 0.3) is 0 Å². The molecule has 0 aliphatic heterocycles. The maximum Gasteiger partial charge on any atom is 0.337 e. The van der Waals surface area contributed by atoms with E-state index in [1.165, 1.54) is 38.3 Å². The standard InChI is InChI=1S/C8H6O4.C8H10O4/c9-7(10)5-3-1-2-4-6(5)8(11)12;1-5(7(9)10)4-6(2)8(11)12-3/h1-4H,(H,9,10)(H,11,12);4H,2H2,1,3H3,(H,9,10). The number of carbonyl (C=O) groups excluding carboxylic acids is 1. The van der Waals surface area contributed by atoms with Crippen molar-refractivity contribution >= 4 is 23.9 Å². The Morgan fingerprint density at radius 3 is 1.71 bits per heavy atom. The van der Waals surface area contributed by atoms with E-state index in [1.54, 1.807) is 0 Å². The number of hydrogen-bond acceptors (Lipinski definition) is 5. The molecule has 24 heavy (non-hydrogen) atoms. The van der Waals surface area contributed by atoms with E-state index in [-0.39, 0.29) is 22.3 Å². The summed E-state index contributed by atoms with van der Waals surface area (Å²) in [6.07, 6.45) is 1.16. The van der Waals surface area contributed by atoms with Crippen molar-refractivity contribution in [3.8, 4) is 0 Å². The molecule has 0 amide bonds. The molecule has 1 aromatic rings. The van der Waals surface area contributed by atoms with Gasteiger partial charge in [0.25, 0.3) is 0 Å². The van der Waals surface area contributed by atoms with E-state index in [9.17, 15) is 19.2 Å². The third-order valence-corrected chi connectivity index (χ3v) is 2.56. The van der Waals surface area contributed by atoms with E-state index in [4.69, 9.17) is 15.3 Å². The SMILES string of the molecule is C=C(C=C(C)C(=O)O)C(=O)OC.O=C(O)c1ccccc1C(=O)O. The Morgan fingerprint density at radius 1 is 1.00 bits per heavy atom. The van der Waals surface area contributed by atoms with Crippen LogP contribution >= 0.6 is 0 Å². The number of carbonyl (C=O) groups is 4. The van der Waals surface area contributed by atoms with Crippen LogP contribution in [0.15, 0.2) is 48.1 Å². The van der Waals surface area contributed by atoms with Gasteiger partial charge in [0.15, 0.2) is 0 Å². The molecular weight excluding hydrogens is 320 g/mol. The van der Waals surface area contributed by atoms with Crippen molar-refractivity contribution in [2.24, 2.45) is 0 Å². The van der Waals surface area contributed by atoms with Gasteiger partial charge in [0.05, 0.1) is 23.8 Å². The molecule has 8 heteroatoms. The van der Waals surface area contributed by atoms with Gasteiger partial charge < -0.3 is 20.1 Å². The molecule has 1 aromatic carbocycles. The summed E-state index contributed by atoms with van der Waals surface area (Å²) in [4.78, 5) is 41.9. The lowest BCUT2D eigenvalue weighted by Gasteiger charge is -1.98. The molecule has 0 unspecified atom stereocenters. The second-order valence-electron chi connectivity index (χ2n) is 4.31. The Kier molecular flexibility index (Phi) is 8.20. The van der Waals surface area contributed by atoms with Crippen LogP contribution in [0.5, 0.6) is 0 Å². The lowest BCUT2D eigenvalue weighted by atomic mass is 10.1. The number of carboxylic acid groups (broad SMARTS) is 3. The Hall–Kier alpha value is -3.42. The first-order chi connectivity index (χ1) is 11.1. The number of esters is 1. The van der Waals surface area contributed by atoms with E-state index in [0.717, 1.165) is 6.08 Å². The zero-order valence-electron chi connectivity index (χ0n) is 13.0. The summed E-state index contributed by atoms with van der Waals surface area (Å²) in [6.45, 7) is 4.71. The fourth-order valence-corrected chi connectivity index (χ4v) is 1.37. The van der Waals surface area contributed by atoms with Crippen molar-refractivity contribution in [3.63, 3.8) is 0 Å². The highest BCUT2D eigenvalue weighted by molar-refractivity contribution is 6.01. The highest BCUT2D eigenvalue weighted by Gasteiger charge is 2.13. The summed E-state index contributed by atoms with van der Waals surface area (Å²) >= 11 is 0. The van der Waals surface area contributed by atoms with Gasteiger partial charge in [-0.3, -0.25) is 0 Å². The van der Waals surface area contributed by atoms with Crippen LogP contribution in [-0.2, 0) is 14.3 Å². The molecule has 0 atom stereocenters. The Bertz CT molecular complexity index is 667. The van der Waals surface area contributed by atoms with Crippen molar-refractivity contribution in [2.45, 2.75) is 6.92 Å². The number of rotatable bonds is 5. The number of ether oxygens (including phenoxy) is 1. The molecule has 0 aliphatic rings. The normalized spacial score (nSPS) is 10.0. The summed E-state index contributed by atoms with van der Waals surface area (Å²) in [5, 5.41) is 25.5. The van der Waals surface area contributed by atoms with Crippen LogP contribution in [0.4, 0.5) is 0 Å². The maximum atomic E-state index is 10.7. The third kappa shape index (κ3) is 6.56. The summed E-state index contributed by atoms with van der Waals surface area (Å²) in [5.74, 6) is -4.17. The quantitative estimate of drug-likeness (QED) is 0.420. The van der Waals surface area contributed by atoms with E-state index >= 15 is 0 Å². The highest BCUT2D eigenvalue weighted by atomic mass is 16.5. The molecule has 0 aromatic heterocycles. The van der Waals surface area contributed by atoms with Gasteiger partial charge in [0.1, 0.15) is 0 Å². The molecule has 8 nitrogen and oxygen atoms in total. The fraction of sp³-hybridized carbons (Fsp3) is 0.125. The van der Waals surface area contributed by atoms with Crippen LogP contribution < -0.4 is 0 Å². The van der Waals surface area contributed by atoms with Crippen LogP contribution in [0.3, 0.4) is 0 Å². The van der Waals surface area contributed by atoms with Crippen molar-refractivity contribution in [1.82, 2.24) is 0 Å². The number of aromatic carboxylic acids is 2. The maximum absolute atomic E-state index is 10.7. The minimum atomic E-state index is -1.23. The number of benzene rings is 1. The largest absolute Gasteiger partial charge is 0.478 e. The smallest absolute Gasteiger partial charge is 0.337 e. The fourth-order valence-electron chi connectivity index (χ4n) is 1.37. The molecule has 0 aliphatic carbocycles. The Balaban J connectivity index is 0.000000441. The van der Waals surface area contributed by atoms with Crippen molar-refractivity contribution < 1.29 is 39.2 Å². The van der Waals surface area contributed by atoms with Crippen LogP contribution in [-0.4, -0.2) is 46.3 Å². The molecule has 0 heterocycles. The predicted octanol–water partition coefficient (Wildman–Crippen LogP) is 1.83. The number of hydrogen-bond donors (Lipinski definition) is 3. The van der Waals surface area contributed by atoms with Gasteiger partial charge in [-0.2, -0.15) is 0 Å². The molecule has 0 bridgehead atoms. The lowest BCUT2D eigenvalue weighted by molar-refractivity contribution is -0.135. The second kappa shape index (κ2) is 9.57. The van der Waals surface area contributed by atoms with Gasteiger partial charge >= 0.3 is 23.9 Å². The molecule has 0 spiro atoms. The van der Waals surface area contributed by atoms with E-state index in [0.29, 0.717) is 0 Å². The topological polar surface area (TPSA) is 138 Å². The lowest BCUT2D eigenvalue weighted by Crippen LogP contribution is -2.06. The monoisotopic (exact) mass is 336 g/mol. The molecule has 0 radical (unpaired) electrons. The molecule has 128 valence electrons. The third-order valence-electron chi connectivity index (χ3n) is 2.56. The van der Waals surface area contributed by atoms with Gasteiger partial charge in [-0.15, -0.1) is 0 Å². The van der Waals surface area contributed by atoms with Gasteiger partial charge in [0.2, 0.25) is 0 Å². The molecule has 0 fully saturated rings. The van der Waals surface area contributed by atoms with E-state index in [2.05, 4.69) is 11.3 Å². The van der Waals surface area contributed by atoms with Crippen molar-refractivity contribution in [2.75, 3.05) is 7.11 Å². The van der Waals surface area contributed by atoms with Crippen LogP contribution in [0.2, 0.25) is 0 Å². The molecule has 1 rings (SSSR count). The van der Waals surface area contributed by atoms with Crippen molar-refractivity contribution in [3.05, 3.63) is 59.2 Å². The van der Waals surface area contributed by atoms with Gasteiger partial charge in [-0.1, -0.05) is 18.7 Å². The minimum Gasteiger partial charge on any atom is -0.478 e. The zero-order valence-corrected chi connectivity index (χ0v) is 13.0. The number of carboxylic acids is 3. The summed E-state index contributed by atoms with van der Waals surface area (Å²) in [5.41, 5.74) is -0.308. The number of aliphatic carboxylic acids is 1. The van der Waals surface area contributed by atoms with Gasteiger partial charge in [-0.05, 0) is 25.1 Å². The van der Waals surface area contributed by atoms with E-state index in [1.807, 2.05) is 0 Å². The van der Waals surface area contributed by atoms with Crippen LogP contribution in [0, 0.1) is 0 Å². The first kappa shape index (κ1) is 20.6. The zero-order chi connectivity index (χ0) is 18.9. The first-order valence-electron chi connectivity index (χ1n) is 6.36. The highest BCUT2D eigenvalue weighted by Crippen LogP contribution is 2.07. The number of methoxy groups -OCH3 is 1.